The third kappa shape index (κ3) is 6.11. The number of non-ortho nitro benzene ring substituents is 1. The number of morpholine rings is 1. The first-order valence-electron chi connectivity index (χ1n) is 10.0. The number of nitro groups is 1. The van der Waals surface area contributed by atoms with E-state index in [0.29, 0.717) is 36.3 Å². The van der Waals surface area contributed by atoms with Gasteiger partial charge in [0.25, 0.3) is 11.6 Å². The quantitative estimate of drug-likeness (QED) is 0.303. The van der Waals surface area contributed by atoms with Gasteiger partial charge in [0.2, 0.25) is 0 Å². The van der Waals surface area contributed by atoms with Crippen molar-refractivity contribution in [2.75, 3.05) is 44.3 Å². The molecule has 0 aliphatic carbocycles. The van der Waals surface area contributed by atoms with Crippen LogP contribution in [0.2, 0.25) is 10.0 Å². The monoisotopic (exact) mass is 530 g/mol. The minimum Gasteiger partial charge on any atom is -0.379 e. The maximum absolute atomic E-state index is 13.5. The Labute approximate surface area is 210 Å². The molecular weight excluding hydrogens is 511 g/mol. The number of hydrogen-bond acceptors (Lipinski definition) is 7. The lowest BCUT2D eigenvalue weighted by molar-refractivity contribution is -0.384. The van der Waals surface area contributed by atoms with Crippen molar-refractivity contribution in [3.63, 3.8) is 0 Å². The topological polar surface area (TPSA) is 88.8 Å². The predicted octanol–water partition coefficient (Wildman–Crippen LogP) is 5.30. The number of carbonyl (C=O) groups excluding carboxylic acids is 1. The molecule has 4 rings (SSSR count). The lowest BCUT2D eigenvalue weighted by Crippen LogP contribution is -2.39. The summed E-state index contributed by atoms with van der Waals surface area (Å²) in [6.45, 7) is 4.29. The molecule has 3 aromatic rings. The van der Waals surface area contributed by atoms with Crippen LogP contribution >= 0.6 is 46.9 Å². The number of aromatic nitrogens is 1. The third-order valence-electron chi connectivity index (χ3n) is 5.17. The van der Waals surface area contributed by atoms with E-state index in [1.54, 1.807) is 23.1 Å². The van der Waals surface area contributed by atoms with Crippen LogP contribution in [0.5, 0.6) is 0 Å². The number of amides is 1. The second kappa shape index (κ2) is 11.4. The standard InChI is InChI=1S/C21H20Cl2N4O4S.ClH/c22-14-2-5-18-19(12-14)32-21(24-18)26(7-1-6-25-8-10-31-11-9-25)20(28)16-13-15(27(29)30)3-4-17(16)23;/h2-5,12-13H,1,6-11H2;1H. The maximum atomic E-state index is 13.5. The SMILES string of the molecule is Cl.O=C(c1cc([N+](=O)[O-])ccc1Cl)N(CCCN1CCOCC1)c1nc2ccc(Cl)cc2s1. The maximum Gasteiger partial charge on any atom is 0.270 e. The average Bonchev–Trinajstić information content (AvgIpc) is 3.20. The second-order valence-corrected chi connectivity index (χ2v) is 9.15. The van der Waals surface area contributed by atoms with Gasteiger partial charge in [0.15, 0.2) is 5.13 Å². The van der Waals surface area contributed by atoms with Crippen LogP contribution in [0.3, 0.4) is 0 Å². The summed E-state index contributed by atoms with van der Waals surface area (Å²) < 4.78 is 6.24. The van der Waals surface area contributed by atoms with Gasteiger partial charge in [-0.15, -0.1) is 12.4 Å². The zero-order valence-corrected chi connectivity index (χ0v) is 20.6. The first-order valence-corrected chi connectivity index (χ1v) is 11.6. The molecule has 2 heterocycles. The minimum absolute atomic E-state index is 0. The summed E-state index contributed by atoms with van der Waals surface area (Å²) >= 11 is 13.7. The Morgan fingerprint density at radius 1 is 1.21 bits per heavy atom. The minimum atomic E-state index is -0.546. The molecule has 1 aliphatic heterocycles. The number of nitro benzene ring substituents is 1. The van der Waals surface area contributed by atoms with Crippen LogP contribution in [0.4, 0.5) is 10.8 Å². The fraction of sp³-hybridized carbons (Fsp3) is 0.333. The Morgan fingerprint density at radius 3 is 2.70 bits per heavy atom. The second-order valence-electron chi connectivity index (χ2n) is 7.29. The number of benzene rings is 2. The van der Waals surface area contributed by atoms with Crippen LogP contribution in [-0.2, 0) is 4.74 Å². The number of halogens is 3. The third-order valence-corrected chi connectivity index (χ3v) is 6.77. The first-order chi connectivity index (χ1) is 15.4. The lowest BCUT2D eigenvalue weighted by atomic mass is 10.1. The number of rotatable bonds is 7. The Bertz CT molecular complexity index is 1150. The zero-order chi connectivity index (χ0) is 22.7. The molecular formula is C21H21Cl3N4O4S. The summed E-state index contributed by atoms with van der Waals surface area (Å²) in [5.41, 5.74) is 0.608. The van der Waals surface area contributed by atoms with E-state index in [0.717, 1.165) is 29.9 Å². The molecule has 12 heteroatoms. The van der Waals surface area contributed by atoms with Gasteiger partial charge >= 0.3 is 0 Å². The highest BCUT2D eigenvalue weighted by Gasteiger charge is 2.25. The van der Waals surface area contributed by atoms with Gasteiger partial charge in [0, 0.05) is 43.3 Å². The van der Waals surface area contributed by atoms with Crippen LogP contribution in [0.15, 0.2) is 36.4 Å². The highest BCUT2D eigenvalue weighted by Crippen LogP contribution is 2.33. The van der Waals surface area contributed by atoms with E-state index >= 15 is 0 Å². The van der Waals surface area contributed by atoms with Crippen molar-refractivity contribution in [1.82, 2.24) is 9.88 Å². The summed E-state index contributed by atoms with van der Waals surface area (Å²) in [4.78, 5) is 32.6. The lowest BCUT2D eigenvalue weighted by Gasteiger charge is -2.27. The molecule has 176 valence electrons. The fourth-order valence-corrected chi connectivity index (χ4v) is 4.96. The Morgan fingerprint density at radius 2 is 1.97 bits per heavy atom. The highest BCUT2D eigenvalue weighted by atomic mass is 35.5. The van der Waals surface area contributed by atoms with E-state index < -0.39 is 10.8 Å². The molecule has 33 heavy (non-hydrogen) atoms. The molecule has 8 nitrogen and oxygen atoms in total. The number of nitrogens with zero attached hydrogens (tertiary/aromatic N) is 4. The summed E-state index contributed by atoms with van der Waals surface area (Å²) in [6.07, 6.45) is 0.703. The van der Waals surface area contributed by atoms with Crippen LogP contribution in [0.25, 0.3) is 10.2 Å². The smallest absolute Gasteiger partial charge is 0.270 e. The van der Waals surface area contributed by atoms with Gasteiger partial charge in [-0.2, -0.15) is 0 Å². The molecule has 0 radical (unpaired) electrons. The van der Waals surface area contributed by atoms with Gasteiger partial charge < -0.3 is 4.74 Å². The summed E-state index contributed by atoms with van der Waals surface area (Å²) in [5, 5.41) is 12.5. The molecule has 0 spiro atoms. The van der Waals surface area contributed by atoms with Gasteiger partial charge in [0.1, 0.15) is 0 Å². The van der Waals surface area contributed by atoms with Gasteiger partial charge in [-0.3, -0.25) is 24.7 Å². The van der Waals surface area contributed by atoms with Gasteiger partial charge in [0.05, 0.1) is 38.9 Å². The fourth-order valence-electron chi connectivity index (χ4n) is 3.50. The van der Waals surface area contributed by atoms with E-state index in [-0.39, 0.29) is 28.7 Å². The number of thiazole rings is 1. The van der Waals surface area contributed by atoms with Gasteiger partial charge in [-0.25, -0.2) is 4.98 Å². The van der Waals surface area contributed by atoms with Gasteiger partial charge in [-0.05, 0) is 30.7 Å². The van der Waals surface area contributed by atoms with Crippen molar-refractivity contribution < 1.29 is 14.5 Å². The molecule has 1 saturated heterocycles. The molecule has 0 N–H and O–H groups in total. The zero-order valence-electron chi connectivity index (χ0n) is 17.4. The molecule has 0 saturated carbocycles. The van der Waals surface area contributed by atoms with E-state index in [2.05, 4.69) is 9.88 Å². The van der Waals surface area contributed by atoms with Crippen molar-refractivity contribution in [2.45, 2.75) is 6.42 Å². The summed E-state index contributed by atoms with van der Waals surface area (Å²) in [6, 6.07) is 9.21. The molecule has 1 aliphatic rings. The molecule has 0 unspecified atom stereocenters. The van der Waals surface area contributed by atoms with Crippen LogP contribution < -0.4 is 4.90 Å². The number of fused-ring (bicyclic) bond motifs is 1. The molecule has 1 amide bonds. The van der Waals surface area contributed by atoms with Crippen molar-refractivity contribution in [3.05, 3.63) is 62.1 Å². The highest BCUT2D eigenvalue weighted by molar-refractivity contribution is 7.22. The average molecular weight is 532 g/mol. The van der Waals surface area contributed by atoms with Crippen molar-refractivity contribution in [3.8, 4) is 0 Å². The van der Waals surface area contributed by atoms with E-state index in [1.165, 1.54) is 29.5 Å². The molecule has 2 aromatic carbocycles. The Balaban J connectivity index is 0.00000306. The number of ether oxygens (including phenoxy) is 1. The summed E-state index contributed by atoms with van der Waals surface area (Å²) in [5.74, 6) is -0.425. The molecule has 0 atom stereocenters. The van der Waals surface area contributed by atoms with E-state index in [1.807, 2.05) is 0 Å². The van der Waals surface area contributed by atoms with Crippen LogP contribution in [-0.4, -0.2) is 60.1 Å². The first kappa shape index (κ1) is 25.6. The normalized spacial score (nSPS) is 14.1. The molecule has 1 aromatic heterocycles. The Kier molecular flexibility index (Phi) is 8.86. The Hall–Kier alpha value is -2.01. The number of hydrogen-bond donors (Lipinski definition) is 0. The van der Waals surface area contributed by atoms with Crippen LogP contribution in [0, 0.1) is 10.1 Å². The molecule has 1 fully saturated rings. The molecule has 0 bridgehead atoms. The predicted molar refractivity (Wildman–Crippen MR) is 134 cm³/mol. The number of anilines is 1. The van der Waals surface area contributed by atoms with Gasteiger partial charge in [-0.1, -0.05) is 34.5 Å². The van der Waals surface area contributed by atoms with E-state index in [9.17, 15) is 14.9 Å². The number of carbonyl (C=O) groups is 1. The van der Waals surface area contributed by atoms with Crippen molar-refractivity contribution in [2.24, 2.45) is 0 Å². The van der Waals surface area contributed by atoms with Crippen molar-refractivity contribution in [1.29, 1.82) is 0 Å². The van der Waals surface area contributed by atoms with Crippen molar-refractivity contribution >= 4 is 73.9 Å². The largest absolute Gasteiger partial charge is 0.379 e. The van der Waals surface area contributed by atoms with E-state index in [4.69, 9.17) is 27.9 Å². The van der Waals surface area contributed by atoms with Crippen LogP contribution in [0.1, 0.15) is 16.8 Å². The summed E-state index contributed by atoms with van der Waals surface area (Å²) in [7, 11) is 0.